The lowest BCUT2D eigenvalue weighted by molar-refractivity contribution is 0.101. The molecule has 0 saturated carbocycles. The number of rotatable bonds is 4. The summed E-state index contributed by atoms with van der Waals surface area (Å²) in [6.45, 7) is 1.72. The molecule has 0 amide bonds. The Morgan fingerprint density at radius 2 is 2.10 bits per heavy atom. The number of carbonyl (C=O) groups is 1. The molecule has 3 nitrogen and oxygen atoms in total. The van der Waals surface area contributed by atoms with Crippen LogP contribution in [0.5, 0.6) is 11.5 Å². The third kappa shape index (κ3) is 3.43. The van der Waals surface area contributed by atoms with Crippen molar-refractivity contribution in [2.45, 2.75) is 13.5 Å². The van der Waals surface area contributed by atoms with E-state index in [-0.39, 0.29) is 22.1 Å². The van der Waals surface area contributed by atoms with Crippen molar-refractivity contribution >= 4 is 40.0 Å². The van der Waals surface area contributed by atoms with Gasteiger partial charge in [0.25, 0.3) is 0 Å². The Kier molecular flexibility index (Phi) is 4.88. The monoisotopic (exact) mass is 402 g/mol. The summed E-state index contributed by atoms with van der Waals surface area (Å²) in [5, 5.41) is 9.91. The summed E-state index contributed by atoms with van der Waals surface area (Å²) >= 11 is 8.24. The van der Waals surface area contributed by atoms with E-state index in [1.165, 1.54) is 13.0 Å². The van der Waals surface area contributed by atoms with Gasteiger partial charge in [-0.05, 0) is 59.3 Å². The lowest BCUT2D eigenvalue weighted by Crippen LogP contribution is -1.99. The number of aromatic hydroxyl groups is 1. The summed E-state index contributed by atoms with van der Waals surface area (Å²) in [6, 6.07) is 11.0. The van der Waals surface area contributed by atoms with Gasteiger partial charge in [-0.2, -0.15) is 0 Å². The Labute approximate surface area is 135 Å². The van der Waals surface area contributed by atoms with Crippen molar-refractivity contribution < 1.29 is 14.6 Å². The highest BCUT2D eigenvalue weighted by atomic mass is 127. The number of ether oxygens (including phenoxy) is 1. The second kappa shape index (κ2) is 6.45. The van der Waals surface area contributed by atoms with E-state index >= 15 is 0 Å². The van der Waals surface area contributed by atoms with Crippen LogP contribution in [0.2, 0.25) is 5.02 Å². The largest absolute Gasteiger partial charge is 0.505 e. The maximum absolute atomic E-state index is 11.3. The predicted octanol–water partition coefficient (Wildman–Crippen LogP) is 4.43. The van der Waals surface area contributed by atoms with Gasteiger partial charge in [0.2, 0.25) is 0 Å². The van der Waals surface area contributed by atoms with Gasteiger partial charge in [0, 0.05) is 3.57 Å². The van der Waals surface area contributed by atoms with Gasteiger partial charge in [-0.1, -0.05) is 23.7 Å². The van der Waals surface area contributed by atoms with E-state index in [4.69, 9.17) is 16.3 Å². The highest BCUT2D eigenvalue weighted by Gasteiger charge is 2.14. The van der Waals surface area contributed by atoms with Gasteiger partial charge in [-0.25, -0.2) is 0 Å². The summed E-state index contributed by atoms with van der Waals surface area (Å²) in [5.41, 5.74) is 1.19. The predicted molar refractivity (Wildman–Crippen MR) is 86.6 cm³/mol. The molecule has 0 spiro atoms. The molecule has 0 bridgehead atoms. The second-order valence-electron chi connectivity index (χ2n) is 4.25. The molecule has 0 fully saturated rings. The maximum atomic E-state index is 11.3. The fourth-order valence-electron chi connectivity index (χ4n) is 1.73. The van der Waals surface area contributed by atoms with E-state index in [2.05, 4.69) is 22.6 Å². The average Bonchev–Trinajstić information content (AvgIpc) is 2.40. The fourth-order valence-corrected chi connectivity index (χ4v) is 2.56. The van der Waals surface area contributed by atoms with Crippen LogP contribution in [0.15, 0.2) is 36.4 Å². The summed E-state index contributed by atoms with van der Waals surface area (Å²) in [4.78, 5) is 11.3. The van der Waals surface area contributed by atoms with Crippen molar-refractivity contribution in [3.05, 3.63) is 56.1 Å². The molecule has 0 aliphatic carbocycles. The molecule has 0 heterocycles. The van der Waals surface area contributed by atoms with E-state index < -0.39 is 0 Å². The fraction of sp³-hybridized carbons (Fsp3) is 0.133. The van der Waals surface area contributed by atoms with E-state index in [0.29, 0.717) is 12.4 Å². The van der Waals surface area contributed by atoms with Crippen molar-refractivity contribution in [3.8, 4) is 11.5 Å². The quantitative estimate of drug-likeness (QED) is 0.608. The van der Waals surface area contributed by atoms with Gasteiger partial charge >= 0.3 is 0 Å². The van der Waals surface area contributed by atoms with Gasteiger partial charge in [-0.15, -0.1) is 0 Å². The summed E-state index contributed by atoms with van der Waals surface area (Å²) < 4.78 is 6.70. The average molecular weight is 403 g/mol. The normalized spacial score (nSPS) is 10.3. The minimum Gasteiger partial charge on any atom is -0.505 e. The number of hydrogen-bond acceptors (Lipinski definition) is 3. The lowest BCUT2D eigenvalue weighted by atomic mass is 10.1. The van der Waals surface area contributed by atoms with Crippen molar-refractivity contribution in [2.75, 3.05) is 0 Å². The standard InChI is InChI=1S/C15H12ClIO3/c1-9(18)12-5-6-13(14(16)15(12)19)20-8-10-3-2-4-11(17)7-10/h2-7,19H,8H2,1H3. The van der Waals surface area contributed by atoms with Crippen molar-refractivity contribution in [3.63, 3.8) is 0 Å². The molecule has 0 unspecified atom stereocenters. The van der Waals surface area contributed by atoms with E-state index in [9.17, 15) is 9.90 Å². The zero-order chi connectivity index (χ0) is 14.7. The smallest absolute Gasteiger partial charge is 0.163 e. The number of carbonyl (C=O) groups excluding carboxylic acids is 1. The van der Waals surface area contributed by atoms with E-state index in [1.807, 2.05) is 24.3 Å². The Hall–Kier alpha value is -1.27. The first kappa shape index (κ1) is 15.1. The van der Waals surface area contributed by atoms with Gasteiger partial charge in [0.1, 0.15) is 23.1 Å². The van der Waals surface area contributed by atoms with Gasteiger partial charge in [0.05, 0.1) is 5.56 Å². The van der Waals surface area contributed by atoms with Crippen molar-refractivity contribution in [1.29, 1.82) is 0 Å². The van der Waals surface area contributed by atoms with Crippen LogP contribution in [-0.2, 0) is 6.61 Å². The van der Waals surface area contributed by atoms with Crippen LogP contribution in [0, 0.1) is 3.57 Å². The molecular weight excluding hydrogens is 391 g/mol. The molecule has 0 atom stereocenters. The minimum atomic E-state index is -0.242. The SMILES string of the molecule is CC(=O)c1ccc(OCc2cccc(I)c2)c(Cl)c1O. The maximum Gasteiger partial charge on any atom is 0.163 e. The molecule has 2 aromatic carbocycles. The number of phenolic OH excluding ortho intramolecular Hbond substituents is 1. The Balaban J connectivity index is 2.18. The van der Waals surface area contributed by atoms with Crippen LogP contribution < -0.4 is 4.74 Å². The topological polar surface area (TPSA) is 46.5 Å². The van der Waals surface area contributed by atoms with Gasteiger partial charge < -0.3 is 9.84 Å². The van der Waals surface area contributed by atoms with Crippen LogP contribution in [0.25, 0.3) is 0 Å². The summed E-state index contributed by atoms with van der Waals surface area (Å²) in [7, 11) is 0. The van der Waals surface area contributed by atoms with Crippen LogP contribution in [0.3, 0.4) is 0 Å². The number of ketones is 1. The summed E-state index contributed by atoms with van der Waals surface area (Å²) in [6.07, 6.45) is 0. The third-order valence-corrected chi connectivity index (χ3v) is 3.78. The number of phenols is 1. The minimum absolute atomic E-state index is 0.0586. The van der Waals surface area contributed by atoms with Crippen LogP contribution >= 0.6 is 34.2 Å². The number of Topliss-reactive ketones (excluding diaryl/α,β-unsaturated/α-hetero) is 1. The molecular formula is C15H12ClIO3. The van der Waals surface area contributed by atoms with Gasteiger partial charge in [0.15, 0.2) is 5.78 Å². The summed E-state index contributed by atoms with van der Waals surface area (Å²) in [5.74, 6) is -0.124. The molecule has 2 aromatic rings. The number of benzene rings is 2. The third-order valence-electron chi connectivity index (χ3n) is 2.74. The number of hydrogen-bond donors (Lipinski definition) is 1. The van der Waals surface area contributed by atoms with Crippen LogP contribution in [-0.4, -0.2) is 10.9 Å². The van der Waals surface area contributed by atoms with Crippen molar-refractivity contribution in [1.82, 2.24) is 0 Å². The molecule has 0 aliphatic rings. The zero-order valence-electron chi connectivity index (χ0n) is 10.7. The Morgan fingerprint density at radius 1 is 1.35 bits per heavy atom. The highest BCUT2D eigenvalue weighted by Crippen LogP contribution is 2.36. The molecule has 5 heteroatoms. The first-order chi connectivity index (χ1) is 9.49. The second-order valence-corrected chi connectivity index (χ2v) is 5.87. The molecule has 0 radical (unpaired) electrons. The molecule has 0 aromatic heterocycles. The van der Waals surface area contributed by atoms with E-state index in [0.717, 1.165) is 9.13 Å². The Morgan fingerprint density at radius 3 is 2.75 bits per heavy atom. The molecule has 104 valence electrons. The van der Waals surface area contributed by atoms with Crippen LogP contribution in [0.4, 0.5) is 0 Å². The molecule has 0 aliphatic heterocycles. The number of halogens is 2. The molecule has 2 rings (SSSR count). The zero-order valence-corrected chi connectivity index (χ0v) is 13.6. The lowest BCUT2D eigenvalue weighted by Gasteiger charge is -2.11. The van der Waals surface area contributed by atoms with E-state index in [1.54, 1.807) is 6.07 Å². The molecule has 20 heavy (non-hydrogen) atoms. The van der Waals surface area contributed by atoms with Crippen LogP contribution in [0.1, 0.15) is 22.8 Å². The first-order valence-electron chi connectivity index (χ1n) is 5.88. The molecule has 0 saturated heterocycles. The highest BCUT2D eigenvalue weighted by molar-refractivity contribution is 14.1. The van der Waals surface area contributed by atoms with Gasteiger partial charge in [-0.3, -0.25) is 4.79 Å². The first-order valence-corrected chi connectivity index (χ1v) is 7.34. The molecule has 1 N–H and O–H groups in total. The van der Waals surface area contributed by atoms with Crippen molar-refractivity contribution in [2.24, 2.45) is 0 Å². The Bertz CT molecular complexity index is 656.